The molecule has 2 atom stereocenters. The van der Waals surface area contributed by atoms with Crippen LogP contribution in [0.15, 0.2) is 40.7 Å². The normalized spacial score (nSPS) is 19.5. The number of amides is 3. The van der Waals surface area contributed by atoms with Crippen molar-refractivity contribution in [2.75, 3.05) is 19.5 Å². The number of ether oxygens (including phenoxy) is 2. The second-order valence-electron chi connectivity index (χ2n) is 6.97. The van der Waals surface area contributed by atoms with Gasteiger partial charge in [0, 0.05) is 23.8 Å². The lowest BCUT2D eigenvalue weighted by Gasteiger charge is -2.49. The van der Waals surface area contributed by atoms with Gasteiger partial charge in [0.2, 0.25) is 0 Å². The third-order valence-corrected chi connectivity index (χ3v) is 6.03. The molecule has 3 rings (SSSR count). The SMILES string of the molecule is CON=C(C(=O)NC1C(=O)N2C(C(=O)O)=C(COC(N)=O)CS[C@H]12)c1cccc(OC(C)=O)c1. The quantitative estimate of drug-likeness (QED) is 0.144. The van der Waals surface area contributed by atoms with Crippen LogP contribution in [-0.2, 0) is 28.8 Å². The second kappa shape index (κ2) is 10.2. The summed E-state index contributed by atoms with van der Waals surface area (Å²) in [5.74, 6) is -3.04. The minimum absolute atomic E-state index is 0.138. The number of benzene rings is 1. The summed E-state index contributed by atoms with van der Waals surface area (Å²) in [5, 5.41) is 15.2. The molecule has 180 valence electrons. The molecule has 1 saturated heterocycles. The Morgan fingerprint density at radius 2 is 2.06 bits per heavy atom. The maximum Gasteiger partial charge on any atom is 0.404 e. The highest BCUT2D eigenvalue weighted by atomic mass is 32.2. The summed E-state index contributed by atoms with van der Waals surface area (Å²) in [6, 6.07) is 4.95. The Morgan fingerprint density at radius 1 is 1.32 bits per heavy atom. The van der Waals surface area contributed by atoms with Crippen LogP contribution in [0.3, 0.4) is 0 Å². The number of fused-ring (bicyclic) bond motifs is 1. The Kier molecular flexibility index (Phi) is 7.40. The molecule has 14 heteroatoms. The number of esters is 1. The number of nitrogens with one attached hydrogen (secondary N) is 1. The van der Waals surface area contributed by atoms with Crippen molar-refractivity contribution < 1.29 is 43.4 Å². The molecule has 0 aliphatic carbocycles. The Bertz CT molecular complexity index is 1120. The van der Waals surface area contributed by atoms with Gasteiger partial charge >= 0.3 is 18.0 Å². The van der Waals surface area contributed by atoms with E-state index in [4.69, 9.17) is 15.3 Å². The molecule has 1 aromatic rings. The van der Waals surface area contributed by atoms with E-state index in [2.05, 4.69) is 15.2 Å². The van der Waals surface area contributed by atoms with Crippen molar-refractivity contribution in [1.29, 1.82) is 0 Å². The van der Waals surface area contributed by atoms with Crippen LogP contribution in [0.2, 0.25) is 0 Å². The summed E-state index contributed by atoms with van der Waals surface area (Å²) in [5.41, 5.74) is 4.89. The summed E-state index contributed by atoms with van der Waals surface area (Å²) in [6.07, 6.45) is -1.08. The first kappa shape index (κ1) is 24.6. The minimum atomic E-state index is -1.38. The number of hydrogen-bond acceptors (Lipinski definition) is 10. The van der Waals surface area contributed by atoms with E-state index in [0.717, 1.165) is 4.90 Å². The predicted molar refractivity (Wildman–Crippen MR) is 117 cm³/mol. The molecule has 13 nitrogen and oxygen atoms in total. The number of carboxylic acid groups (broad SMARTS) is 1. The number of nitrogens with two attached hydrogens (primary N) is 1. The molecule has 2 aliphatic rings. The van der Waals surface area contributed by atoms with E-state index in [0.29, 0.717) is 0 Å². The molecule has 3 amide bonds. The molecule has 0 bridgehead atoms. The van der Waals surface area contributed by atoms with Gasteiger partial charge in [0.1, 0.15) is 36.6 Å². The molecule has 2 aliphatic heterocycles. The number of oxime groups is 1. The fraction of sp³-hybridized carbons (Fsp3) is 0.300. The smallest absolute Gasteiger partial charge is 0.404 e. The molecular formula is C20H20N4O9S. The van der Waals surface area contributed by atoms with Gasteiger partial charge in [0.25, 0.3) is 11.8 Å². The summed E-state index contributed by atoms with van der Waals surface area (Å²) in [6.45, 7) is 0.853. The third-order valence-electron chi connectivity index (χ3n) is 4.69. The number of hydrogen-bond donors (Lipinski definition) is 3. The molecule has 34 heavy (non-hydrogen) atoms. The lowest BCUT2D eigenvalue weighted by Crippen LogP contribution is -2.71. The Morgan fingerprint density at radius 3 is 2.68 bits per heavy atom. The van der Waals surface area contributed by atoms with Crippen LogP contribution in [0, 0.1) is 0 Å². The Hall–Kier alpha value is -4.07. The standard InChI is InChI=1S/C20H20N4O9S/c1-9(25)33-12-5-3-4-10(6-12)13(23-31-2)16(26)22-14-17(27)24-15(19(28)29)11(7-32-20(21)30)8-34-18(14)24/h3-6,14,18H,7-8H2,1-2H3,(H2,21,30)(H,22,26)(H,28,29)/t14?,18-/m1/s1. The van der Waals surface area contributed by atoms with Gasteiger partial charge in [-0.2, -0.15) is 0 Å². The average Bonchev–Trinajstić information content (AvgIpc) is 2.78. The van der Waals surface area contributed by atoms with Gasteiger partial charge in [-0.05, 0) is 12.1 Å². The zero-order valence-corrected chi connectivity index (χ0v) is 18.8. The lowest BCUT2D eigenvalue weighted by atomic mass is 10.0. The highest BCUT2D eigenvalue weighted by Gasteiger charge is 2.54. The molecule has 1 aromatic carbocycles. The molecule has 2 heterocycles. The number of primary amides is 1. The highest BCUT2D eigenvalue weighted by Crippen LogP contribution is 2.40. The number of carbonyl (C=O) groups is 5. The van der Waals surface area contributed by atoms with Gasteiger partial charge in [-0.3, -0.25) is 19.3 Å². The van der Waals surface area contributed by atoms with Crippen LogP contribution in [0.4, 0.5) is 4.79 Å². The fourth-order valence-corrected chi connectivity index (χ4v) is 4.68. The number of rotatable bonds is 8. The van der Waals surface area contributed by atoms with E-state index < -0.39 is 41.3 Å². The number of thioether (sulfide) groups is 1. The van der Waals surface area contributed by atoms with Crippen LogP contribution >= 0.6 is 11.8 Å². The molecule has 0 aromatic heterocycles. The van der Waals surface area contributed by atoms with Crippen molar-refractivity contribution in [2.24, 2.45) is 10.9 Å². The first-order valence-corrected chi connectivity index (χ1v) is 10.7. The number of carboxylic acids is 1. The molecule has 1 fully saturated rings. The van der Waals surface area contributed by atoms with Crippen molar-refractivity contribution in [3.8, 4) is 5.75 Å². The topological polar surface area (TPSA) is 187 Å². The second-order valence-corrected chi connectivity index (χ2v) is 8.07. The van der Waals surface area contributed by atoms with E-state index in [-0.39, 0.29) is 40.7 Å². The average molecular weight is 492 g/mol. The molecule has 4 N–H and O–H groups in total. The van der Waals surface area contributed by atoms with Crippen molar-refractivity contribution in [3.63, 3.8) is 0 Å². The van der Waals surface area contributed by atoms with E-state index >= 15 is 0 Å². The van der Waals surface area contributed by atoms with Gasteiger partial charge in [-0.25, -0.2) is 9.59 Å². The monoisotopic (exact) mass is 492 g/mol. The zero-order chi connectivity index (χ0) is 25.0. The summed E-state index contributed by atoms with van der Waals surface area (Å²) in [7, 11) is 1.23. The molecule has 0 spiro atoms. The highest BCUT2D eigenvalue weighted by molar-refractivity contribution is 8.00. The molecule has 1 unspecified atom stereocenters. The number of β-lactam (4-membered cyclic amide) rings is 1. The van der Waals surface area contributed by atoms with Crippen LogP contribution in [0.5, 0.6) is 5.75 Å². The van der Waals surface area contributed by atoms with E-state index in [1.807, 2.05) is 0 Å². The third kappa shape index (κ3) is 5.11. The maximum absolute atomic E-state index is 12.9. The van der Waals surface area contributed by atoms with Gasteiger partial charge in [-0.15, -0.1) is 11.8 Å². The van der Waals surface area contributed by atoms with Crippen molar-refractivity contribution in [2.45, 2.75) is 18.3 Å². The summed E-state index contributed by atoms with van der Waals surface area (Å²) in [4.78, 5) is 65.3. The summed E-state index contributed by atoms with van der Waals surface area (Å²) < 4.78 is 9.69. The Labute approximate surface area is 196 Å². The van der Waals surface area contributed by atoms with Gasteiger partial charge in [0.05, 0.1) is 0 Å². The first-order chi connectivity index (χ1) is 16.1. The van der Waals surface area contributed by atoms with Gasteiger partial charge in [-0.1, -0.05) is 17.3 Å². The van der Waals surface area contributed by atoms with Crippen molar-refractivity contribution in [3.05, 3.63) is 41.1 Å². The number of aliphatic carboxylic acids is 1. The zero-order valence-electron chi connectivity index (χ0n) is 18.0. The van der Waals surface area contributed by atoms with Crippen LogP contribution in [0.25, 0.3) is 0 Å². The molecule has 0 saturated carbocycles. The van der Waals surface area contributed by atoms with Crippen LogP contribution in [-0.4, -0.2) is 76.4 Å². The Balaban J connectivity index is 1.79. The maximum atomic E-state index is 12.9. The fourth-order valence-electron chi connectivity index (χ4n) is 3.35. The molecular weight excluding hydrogens is 472 g/mol. The van der Waals surface area contributed by atoms with Gasteiger partial charge < -0.3 is 30.5 Å². The van der Waals surface area contributed by atoms with Gasteiger partial charge in [0.15, 0.2) is 5.71 Å². The predicted octanol–water partition coefficient (Wildman–Crippen LogP) is -0.204. The van der Waals surface area contributed by atoms with E-state index in [9.17, 15) is 29.1 Å². The van der Waals surface area contributed by atoms with E-state index in [1.54, 1.807) is 6.07 Å². The number of nitrogens with zero attached hydrogens (tertiary/aromatic N) is 2. The molecule has 0 radical (unpaired) electrons. The van der Waals surface area contributed by atoms with Crippen molar-refractivity contribution >= 4 is 47.3 Å². The van der Waals surface area contributed by atoms with Crippen LogP contribution < -0.4 is 15.8 Å². The largest absolute Gasteiger partial charge is 0.477 e. The van der Waals surface area contributed by atoms with E-state index in [1.165, 1.54) is 44.0 Å². The number of carbonyl (C=O) groups excluding carboxylic acids is 4. The van der Waals surface area contributed by atoms with Crippen molar-refractivity contribution in [1.82, 2.24) is 10.2 Å². The summed E-state index contributed by atoms with van der Waals surface area (Å²) >= 11 is 1.19. The van der Waals surface area contributed by atoms with Crippen LogP contribution in [0.1, 0.15) is 12.5 Å². The first-order valence-electron chi connectivity index (χ1n) is 9.67. The minimum Gasteiger partial charge on any atom is -0.477 e. The lowest BCUT2D eigenvalue weighted by molar-refractivity contribution is -0.150.